The van der Waals surface area contributed by atoms with Gasteiger partial charge in [-0.25, -0.2) is 0 Å². The van der Waals surface area contributed by atoms with E-state index in [9.17, 15) is 4.79 Å². The topological polar surface area (TPSA) is 93.2 Å². The average Bonchev–Trinajstić information content (AvgIpc) is 2.98. The molecule has 3 rings (SSSR count). The molecule has 0 spiro atoms. The van der Waals surface area contributed by atoms with E-state index in [1.54, 1.807) is 6.20 Å². The lowest BCUT2D eigenvalue weighted by Crippen LogP contribution is -2.44. The second kappa shape index (κ2) is 8.16. The van der Waals surface area contributed by atoms with Crippen molar-refractivity contribution in [2.75, 3.05) is 20.2 Å². The first-order valence-corrected chi connectivity index (χ1v) is 8.87. The van der Waals surface area contributed by atoms with Crippen LogP contribution in [0.5, 0.6) is 11.8 Å². The Bertz CT molecular complexity index is 742. The molecule has 0 aliphatic carbocycles. The fraction of sp³-hybridized carbons (Fsp3) is 0.556. The van der Waals surface area contributed by atoms with E-state index >= 15 is 0 Å². The zero-order valence-electron chi connectivity index (χ0n) is 15.5. The maximum atomic E-state index is 12.6. The fourth-order valence-corrected chi connectivity index (χ4v) is 3.25. The molecule has 1 fully saturated rings. The SMILES string of the molecule is COc1cncc(OC2CCCN(C(=O)CCc3c(C)n[nH]c3C)C2)n1. The first-order valence-electron chi connectivity index (χ1n) is 8.87. The van der Waals surface area contributed by atoms with Crippen molar-refractivity contribution >= 4 is 5.91 Å². The van der Waals surface area contributed by atoms with Crippen molar-refractivity contribution in [1.82, 2.24) is 25.1 Å². The largest absolute Gasteiger partial charge is 0.480 e. The number of amides is 1. The molecule has 2 aromatic heterocycles. The summed E-state index contributed by atoms with van der Waals surface area (Å²) in [6.45, 7) is 5.29. The highest BCUT2D eigenvalue weighted by Crippen LogP contribution is 2.19. The number of piperidine rings is 1. The van der Waals surface area contributed by atoms with Gasteiger partial charge in [0.05, 0.1) is 31.7 Å². The quantitative estimate of drug-likeness (QED) is 0.846. The summed E-state index contributed by atoms with van der Waals surface area (Å²) < 4.78 is 11.0. The van der Waals surface area contributed by atoms with Gasteiger partial charge in [-0.2, -0.15) is 10.1 Å². The highest BCUT2D eigenvalue weighted by atomic mass is 16.5. The standard InChI is InChI=1S/C18H25N5O3/c1-12-15(13(2)22-21-12)6-7-18(24)23-8-4-5-14(11-23)26-17-10-19-9-16(20-17)25-3/h9-10,14H,4-8,11H2,1-3H3,(H,21,22). The number of H-pyrrole nitrogens is 1. The molecule has 8 heteroatoms. The van der Waals surface area contributed by atoms with Crippen molar-refractivity contribution in [3.8, 4) is 11.8 Å². The molecule has 2 aromatic rings. The molecule has 3 heterocycles. The molecule has 140 valence electrons. The van der Waals surface area contributed by atoms with E-state index in [0.717, 1.165) is 36.3 Å². The predicted octanol–water partition coefficient (Wildman–Crippen LogP) is 1.83. The first-order chi connectivity index (χ1) is 12.6. The van der Waals surface area contributed by atoms with Crippen LogP contribution in [0.15, 0.2) is 12.4 Å². The predicted molar refractivity (Wildman–Crippen MR) is 95.2 cm³/mol. The van der Waals surface area contributed by atoms with Gasteiger partial charge in [-0.1, -0.05) is 0 Å². The summed E-state index contributed by atoms with van der Waals surface area (Å²) in [6.07, 6.45) is 6.01. The molecule has 1 atom stereocenters. The van der Waals surface area contributed by atoms with Crippen LogP contribution >= 0.6 is 0 Å². The average molecular weight is 359 g/mol. The van der Waals surface area contributed by atoms with E-state index in [1.807, 2.05) is 18.7 Å². The van der Waals surface area contributed by atoms with Gasteiger partial charge in [-0.15, -0.1) is 0 Å². The minimum absolute atomic E-state index is 0.0773. The number of aryl methyl sites for hydroxylation is 2. The summed E-state index contributed by atoms with van der Waals surface area (Å²) in [5, 5.41) is 7.15. The van der Waals surface area contributed by atoms with Gasteiger partial charge < -0.3 is 14.4 Å². The third-order valence-corrected chi connectivity index (χ3v) is 4.69. The van der Waals surface area contributed by atoms with Crippen molar-refractivity contribution in [2.45, 2.75) is 45.6 Å². The monoisotopic (exact) mass is 359 g/mol. The summed E-state index contributed by atoms with van der Waals surface area (Å²) in [5.41, 5.74) is 3.13. The van der Waals surface area contributed by atoms with E-state index < -0.39 is 0 Å². The van der Waals surface area contributed by atoms with Gasteiger partial charge in [-0.3, -0.25) is 14.9 Å². The second-order valence-electron chi connectivity index (χ2n) is 6.53. The van der Waals surface area contributed by atoms with Gasteiger partial charge in [-0.05, 0) is 38.7 Å². The minimum Gasteiger partial charge on any atom is -0.480 e. The Kier molecular flexibility index (Phi) is 5.70. The zero-order valence-corrected chi connectivity index (χ0v) is 15.5. The van der Waals surface area contributed by atoms with Crippen LogP contribution in [0.1, 0.15) is 36.2 Å². The Labute approximate surface area is 152 Å². The van der Waals surface area contributed by atoms with Crippen molar-refractivity contribution in [3.05, 3.63) is 29.3 Å². The number of carbonyl (C=O) groups is 1. The van der Waals surface area contributed by atoms with Crippen molar-refractivity contribution in [2.24, 2.45) is 0 Å². The lowest BCUT2D eigenvalue weighted by molar-refractivity contribution is -0.133. The Morgan fingerprint density at radius 2 is 2.15 bits per heavy atom. The lowest BCUT2D eigenvalue weighted by atomic mass is 10.0. The highest BCUT2D eigenvalue weighted by Gasteiger charge is 2.25. The maximum absolute atomic E-state index is 12.6. The molecule has 1 N–H and O–H groups in total. The van der Waals surface area contributed by atoms with Crippen molar-refractivity contribution < 1.29 is 14.3 Å². The normalized spacial score (nSPS) is 17.2. The van der Waals surface area contributed by atoms with Gasteiger partial charge >= 0.3 is 0 Å². The lowest BCUT2D eigenvalue weighted by Gasteiger charge is -2.32. The molecule has 26 heavy (non-hydrogen) atoms. The first kappa shape index (κ1) is 18.2. The number of aromatic amines is 1. The van der Waals surface area contributed by atoms with Crippen LogP contribution in [0.25, 0.3) is 0 Å². The van der Waals surface area contributed by atoms with E-state index in [1.165, 1.54) is 13.3 Å². The van der Waals surface area contributed by atoms with Crippen LogP contribution in [0.3, 0.4) is 0 Å². The number of rotatable bonds is 6. The van der Waals surface area contributed by atoms with Crippen LogP contribution in [0.2, 0.25) is 0 Å². The van der Waals surface area contributed by atoms with Crippen LogP contribution in [0, 0.1) is 13.8 Å². The summed E-state index contributed by atoms with van der Waals surface area (Å²) in [7, 11) is 1.54. The van der Waals surface area contributed by atoms with Gasteiger partial charge in [0.1, 0.15) is 6.10 Å². The van der Waals surface area contributed by atoms with Gasteiger partial charge in [0.15, 0.2) is 0 Å². The van der Waals surface area contributed by atoms with Gasteiger partial charge in [0, 0.05) is 18.7 Å². The van der Waals surface area contributed by atoms with E-state index in [0.29, 0.717) is 31.1 Å². The molecular weight excluding hydrogens is 334 g/mol. The van der Waals surface area contributed by atoms with Gasteiger partial charge in [0.2, 0.25) is 17.7 Å². The highest BCUT2D eigenvalue weighted by molar-refractivity contribution is 5.76. The fourth-order valence-electron chi connectivity index (χ4n) is 3.25. The Morgan fingerprint density at radius 1 is 1.35 bits per heavy atom. The smallest absolute Gasteiger partial charge is 0.235 e. The second-order valence-corrected chi connectivity index (χ2v) is 6.53. The minimum atomic E-state index is -0.0773. The molecule has 0 saturated carbocycles. The third kappa shape index (κ3) is 4.30. The number of aromatic nitrogens is 4. The number of likely N-dealkylation sites (tertiary alicyclic amines) is 1. The molecule has 1 unspecified atom stereocenters. The van der Waals surface area contributed by atoms with Crippen LogP contribution in [-0.2, 0) is 11.2 Å². The molecule has 1 saturated heterocycles. The molecule has 8 nitrogen and oxygen atoms in total. The van der Waals surface area contributed by atoms with E-state index in [4.69, 9.17) is 9.47 Å². The Morgan fingerprint density at radius 3 is 2.88 bits per heavy atom. The molecular formula is C18H25N5O3. The number of nitrogens with one attached hydrogen (secondary N) is 1. The van der Waals surface area contributed by atoms with E-state index in [-0.39, 0.29) is 12.0 Å². The number of hydrogen-bond donors (Lipinski definition) is 1. The van der Waals surface area contributed by atoms with Crippen LogP contribution in [0.4, 0.5) is 0 Å². The zero-order chi connectivity index (χ0) is 18.5. The van der Waals surface area contributed by atoms with Crippen molar-refractivity contribution in [3.63, 3.8) is 0 Å². The summed E-state index contributed by atoms with van der Waals surface area (Å²) >= 11 is 0. The van der Waals surface area contributed by atoms with Gasteiger partial charge in [0.25, 0.3) is 0 Å². The molecule has 1 aliphatic rings. The molecule has 0 radical (unpaired) electrons. The Hall–Kier alpha value is -2.64. The molecule has 0 bridgehead atoms. The summed E-state index contributed by atoms with van der Waals surface area (Å²) in [5.74, 6) is 0.986. The number of carbonyl (C=O) groups excluding carboxylic acids is 1. The number of ether oxygens (including phenoxy) is 2. The summed E-state index contributed by atoms with van der Waals surface area (Å²) in [6, 6.07) is 0. The number of hydrogen-bond acceptors (Lipinski definition) is 6. The Balaban J connectivity index is 1.54. The third-order valence-electron chi connectivity index (χ3n) is 4.69. The van der Waals surface area contributed by atoms with Crippen LogP contribution < -0.4 is 9.47 Å². The maximum Gasteiger partial charge on any atom is 0.235 e. The summed E-state index contributed by atoms with van der Waals surface area (Å²) in [4.78, 5) is 22.8. The molecule has 1 aliphatic heterocycles. The van der Waals surface area contributed by atoms with E-state index in [2.05, 4.69) is 20.2 Å². The molecule has 0 aromatic carbocycles. The van der Waals surface area contributed by atoms with Crippen molar-refractivity contribution in [1.29, 1.82) is 0 Å². The number of nitrogens with zero attached hydrogens (tertiary/aromatic N) is 4. The number of methoxy groups -OCH3 is 1. The van der Waals surface area contributed by atoms with Crippen LogP contribution in [-0.4, -0.2) is 57.3 Å². The molecule has 1 amide bonds.